The third-order valence-corrected chi connectivity index (χ3v) is 6.74. The van der Waals surface area contributed by atoms with E-state index in [1.165, 1.54) is 33.1 Å². The fourth-order valence-corrected chi connectivity index (χ4v) is 4.68. The Morgan fingerprint density at radius 1 is 0.769 bits per heavy atom. The van der Waals surface area contributed by atoms with Crippen molar-refractivity contribution in [2.45, 2.75) is 67.7 Å². The summed E-state index contributed by atoms with van der Waals surface area (Å²) in [4.78, 5) is 13.1. The summed E-state index contributed by atoms with van der Waals surface area (Å²) in [5.41, 5.74) is 9.83. The molecular formula is C23H31LiOP. The number of rotatable bonds is 3. The first-order valence-corrected chi connectivity index (χ1v) is 9.94. The first kappa shape index (κ1) is 23.2. The van der Waals surface area contributed by atoms with Crippen molar-refractivity contribution in [1.82, 2.24) is 0 Å². The smallest absolute Gasteiger partial charge is 0.186 e. The van der Waals surface area contributed by atoms with Crippen molar-refractivity contribution >= 4 is 38.3 Å². The molecular weight excluding hydrogens is 330 g/mol. The first-order valence-electron chi connectivity index (χ1n) is 8.94. The maximum atomic E-state index is 13.1. The van der Waals surface area contributed by atoms with Crippen LogP contribution in [0, 0.1) is 41.5 Å². The van der Waals surface area contributed by atoms with Gasteiger partial charge in [0.2, 0.25) is 0 Å². The van der Waals surface area contributed by atoms with Crippen LogP contribution < -0.4 is 5.30 Å². The molecule has 0 heterocycles. The Bertz CT molecular complexity index is 821. The van der Waals surface area contributed by atoms with E-state index in [2.05, 4.69) is 80.5 Å². The minimum Gasteiger partial charge on any atom is -0.289 e. The third-order valence-electron chi connectivity index (χ3n) is 5.22. The van der Waals surface area contributed by atoms with Gasteiger partial charge in [-0.1, -0.05) is 39.0 Å². The molecule has 26 heavy (non-hydrogen) atoms. The molecule has 0 aliphatic heterocycles. The van der Waals surface area contributed by atoms with E-state index < -0.39 is 0 Å². The summed E-state index contributed by atoms with van der Waals surface area (Å²) >= 11 is 0. The molecule has 0 aromatic heterocycles. The zero-order valence-electron chi connectivity index (χ0n) is 18.1. The summed E-state index contributed by atoms with van der Waals surface area (Å²) in [6.45, 7) is 19.3. The molecule has 0 saturated carbocycles. The molecule has 0 saturated heterocycles. The van der Waals surface area contributed by atoms with Crippen molar-refractivity contribution in [3.63, 3.8) is 0 Å². The van der Waals surface area contributed by atoms with Gasteiger partial charge in [0.1, 0.15) is 0 Å². The van der Waals surface area contributed by atoms with Gasteiger partial charge in [0.25, 0.3) is 0 Å². The van der Waals surface area contributed by atoms with Gasteiger partial charge in [-0.25, -0.2) is 0 Å². The summed E-state index contributed by atoms with van der Waals surface area (Å²) in [5, 5.41) is 1.20. The number of benzene rings is 2. The fraction of sp³-hybridized carbons (Fsp3) is 0.435. The Kier molecular flexibility index (Phi) is 7.52. The molecule has 0 N–H and O–H groups in total. The zero-order chi connectivity index (χ0) is 19.1. The third kappa shape index (κ3) is 4.70. The Morgan fingerprint density at radius 3 is 1.73 bits per heavy atom. The fourth-order valence-electron chi connectivity index (χ4n) is 3.40. The molecule has 1 unspecified atom stereocenters. The molecule has 135 valence electrons. The number of aryl methyl sites for hydroxylation is 4. The van der Waals surface area contributed by atoms with Gasteiger partial charge in [0.15, 0.2) is 5.52 Å². The molecule has 2 rings (SSSR count). The summed E-state index contributed by atoms with van der Waals surface area (Å²) in [6.07, 6.45) is 0. The molecule has 0 aliphatic rings. The van der Waals surface area contributed by atoms with Gasteiger partial charge in [-0.2, -0.15) is 0 Å². The van der Waals surface area contributed by atoms with Gasteiger partial charge in [-0.15, -0.1) is 0 Å². The van der Waals surface area contributed by atoms with Crippen LogP contribution in [0.3, 0.4) is 0 Å². The Morgan fingerprint density at radius 2 is 1.27 bits per heavy atom. The number of carbonyl (C=O) groups is 1. The maximum Gasteiger partial charge on any atom is 0.186 e. The molecule has 0 aliphatic carbocycles. The normalized spacial score (nSPS) is 11.7. The molecule has 0 spiro atoms. The van der Waals surface area contributed by atoms with Gasteiger partial charge in [0.05, 0.1) is 0 Å². The molecule has 2 aromatic rings. The Balaban J connectivity index is 0.00000338. The van der Waals surface area contributed by atoms with E-state index in [0.29, 0.717) is 0 Å². The number of carbonyl (C=O) groups excluding carboxylic acids is 1. The van der Waals surface area contributed by atoms with Crippen LogP contribution in [0.5, 0.6) is 0 Å². The summed E-state index contributed by atoms with van der Waals surface area (Å²) in [7, 11) is 0.180. The quantitative estimate of drug-likeness (QED) is 0.514. The number of hydrogen-bond donors (Lipinski definition) is 0. The largest absolute Gasteiger partial charge is 0.289 e. The monoisotopic (exact) mass is 361 g/mol. The van der Waals surface area contributed by atoms with Gasteiger partial charge < -0.3 is 0 Å². The molecule has 0 amide bonds. The average Bonchev–Trinajstić information content (AvgIpc) is 2.47. The van der Waals surface area contributed by atoms with Crippen LogP contribution >= 0.6 is 8.58 Å². The van der Waals surface area contributed by atoms with E-state index in [4.69, 9.17) is 0 Å². The van der Waals surface area contributed by atoms with Crippen LogP contribution in [0.15, 0.2) is 18.2 Å². The second kappa shape index (κ2) is 8.44. The van der Waals surface area contributed by atoms with E-state index in [-0.39, 0.29) is 38.4 Å². The van der Waals surface area contributed by atoms with Crippen LogP contribution in [0.25, 0.3) is 0 Å². The first-order chi connectivity index (χ1) is 11.4. The molecule has 1 radical (unpaired) electrons. The predicted octanol–water partition coefficient (Wildman–Crippen LogP) is 5.60. The van der Waals surface area contributed by atoms with Crippen LogP contribution in [0.4, 0.5) is 0 Å². The average molecular weight is 361 g/mol. The van der Waals surface area contributed by atoms with E-state index in [9.17, 15) is 4.79 Å². The van der Waals surface area contributed by atoms with Gasteiger partial charge in [-0.3, -0.25) is 4.79 Å². The SMILES string of the molecule is Cc1cc(C)c(C(=O)Pc2c(C)cc(C(C)(C)C)cc2C)c(C)c1C.[Li]. The van der Waals surface area contributed by atoms with Crippen molar-refractivity contribution in [2.75, 3.05) is 0 Å². The van der Waals surface area contributed by atoms with E-state index in [0.717, 1.165) is 16.7 Å². The Labute approximate surface area is 173 Å². The van der Waals surface area contributed by atoms with E-state index in [1.807, 2.05) is 0 Å². The zero-order valence-corrected chi connectivity index (χ0v) is 19.1. The topological polar surface area (TPSA) is 17.1 Å². The Hall–Kier alpha value is -0.863. The predicted molar refractivity (Wildman–Crippen MR) is 118 cm³/mol. The second-order valence-electron chi connectivity index (χ2n) is 8.32. The van der Waals surface area contributed by atoms with Gasteiger partial charge >= 0.3 is 0 Å². The van der Waals surface area contributed by atoms with Gasteiger partial charge in [-0.05, 0) is 99.8 Å². The number of hydrogen-bond acceptors (Lipinski definition) is 1. The summed E-state index contributed by atoms with van der Waals surface area (Å²) in [6, 6.07) is 6.65. The molecule has 0 fully saturated rings. The second-order valence-corrected chi connectivity index (χ2v) is 9.53. The summed E-state index contributed by atoms with van der Waals surface area (Å²) in [5.74, 6) is 0. The van der Waals surface area contributed by atoms with Gasteiger partial charge in [0, 0.05) is 24.4 Å². The molecule has 1 nitrogen and oxygen atoms in total. The molecule has 1 atom stereocenters. The van der Waals surface area contributed by atoms with E-state index in [1.54, 1.807) is 0 Å². The van der Waals surface area contributed by atoms with Crippen LogP contribution in [0.2, 0.25) is 0 Å². The minimum absolute atomic E-state index is 0. The maximum absolute atomic E-state index is 13.1. The van der Waals surface area contributed by atoms with Crippen molar-refractivity contribution in [3.05, 3.63) is 62.7 Å². The van der Waals surface area contributed by atoms with Crippen LogP contribution in [0.1, 0.15) is 70.1 Å². The van der Waals surface area contributed by atoms with Crippen LogP contribution in [-0.2, 0) is 5.41 Å². The standard InChI is InChI=1S/C23H31OP.Li/c1-13-10-14(2)20(18(6)17(13)5)22(24)25-21-15(3)11-19(12-16(21)4)23(7,8)9;/h10-12,25H,1-9H3;. The molecule has 0 bridgehead atoms. The van der Waals surface area contributed by atoms with Crippen molar-refractivity contribution in [2.24, 2.45) is 0 Å². The summed E-state index contributed by atoms with van der Waals surface area (Å²) < 4.78 is 0. The van der Waals surface area contributed by atoms with E-state index >= 15 is 0 Å². The molecule has 3 heteroatoms. The minimum atomic E-state index is 0. The van der Waals surface area contributed by atoms with Crippen molar-refractivity contribution < 1.29 is 4.79 Å². The molecule has 2 aromatic carbocycles. The van der Waals surface area contributed by atoms with Crippen molar-refractivity contribution in [1.29, 1.82) is 0 Å². The van der Waals surface area contributed by atoms with Crippen molar-refractivity contribution in [3.8, 4) is 0 Å². The van der Waals surface area contributed by atoms with Crippen LogP contribution in [-0.4, -0.2) is 24.4 Å².